The molecule has 0 unspecified atom stereocenters. The van der Waals surface area contributed by atoms with Gasteiger partial charge >= 0.3 is 6.61 Å². The molecule has 1 aliphatic heterocycles. The van der Waals surface area contributed by atoms with Crippen molar-refractivity contribution in [1.82, 2.24) is 9.78 Å². The zero-order valence-electron chi connectivity index (χ0n) is 12.9. The van der Waals surface area contributed by atoms with E-state index in [0.29, 0.717) is 25.1 Å². The number of benzene rings is 1. The number of alkyl halides is 2. The fourth-order valence-electron chi connectivity index (χ4n) is 2.88. The number of anilines is 1. The summed E-state index contributed by atoms with van der Waals surface area (Å²) in [7, 11) is 1.56. The van der Waals surface area contributed by atoms with Crippen molar-refractivity contribution in [2.75, 3.05) is 11.4 Å². The summed E-state index contributed by atoms with van der Waals surface area (Å²) in [6, 6.07) is 6.74. The van der Waals surface area contributed by atoms with E-state index in [9.17, 15) is 18.8 Å². The summed E-state index contributed by atoms with van der Waals surface area (Å²) >= 11 is 0. The molecule has 0 spiro atoms. The second-order valence-corrected chi connectivity index (χ2v) is 5.34. The number of fused-ring (bicyclic) bond motifs is 1. The topological polar surface area (TPSA) is 71.2 Å². The third-order valence-electron chi connectivity index (χ3n) is 3.92. The van der Waals surface area contributed by atoms with Gasteiger partial charge in [0.2, 0.25) is 0 Å². The lowest BCUT2D eigenvalue weighted by atomic mass is 10.00. The molecule has 1 aliphatic rings. The van der Waals surface area contributed by atoms with E-state index in [2.05, 4.69) is 9.84 Å². The van der Waals surface area contributed by atoms with Crippen LogP contribution in [0.1, 0.15) is 28.0 Å². The Hall–Kier alpha value is -2.95. The SMILES string of the molecule is Cn1ncc(C(=O)N2CCCc3cccc(OC(F)F)c32)c1C#N. The van der Waals surface area contributed by atoms with Crippen molar-refractivity contribution in [1.29, 1.82) is 5.26 Å². The molecule has 8 heteroatoms. The van der Waals surface area contributed by atoms with Crippen LogP contribution in [0.15, 0.2) is 24.4 Å². The summed E-state index contributed by atoms with van der Waals surface area (Å²) in [5.41, 5.74) is 1.36. The Bertz CT molecular complexity index is 826. The molecule has 0 saturated heterocycles. The minimum atomic E-state index is -2.98. The predicted molar refractivity (Wildman–Crippen MR) is 81.0 cm³/mol. The van der Waals surface area contributed by atoms with Crippen LogP contribution in [0.4, 0.5) is 14.5 Å². The maximum absolute atomic E-state index is 12.9. The average Bonchev–Trinajstić information content (AvgIpc) is 2.94. The van der Waals surface area contributed by atoms with E-state index >= 15 is 0 Å². The number of nitrogens with zero attached hydrogens (tertiary/aromatic N) is 4. The molecule has 2 aromatic rings. The molecule has 0 bridgehead atoms. The number of aromatic nitrogens is 2. The van der Waals surface area contributed by atoms with E-state index in [0.717, 1.165) is 5.56 Å². The summed E-state index contributed by atoms with van der Waals surface area (Å²) in [6.45, 7) is -2.63. The normalized spacial score (nSPS) is 13.5. The molecular formula is C16H14F2N4O2. The van der Waals surface area contributed by atoms with Crippen LogP contribution >= 0.6 is 0 Å². The molecule has 124 valence electrons. The van der Waals surface area contributed by atoms with Crippen molar-refractivity contribution in [3.8, 4) is 11.8 Å². The van der Waals surface area contributed by atoms with Gasteiger partial charge in [0.25, 0.3) is 5.91 Å². The molecule has 0 radical (unpaired) electrons. The Labute approximate surface area is 136 Å². The first kappa shape index (κ1) is 15.9. The molecular weight excluding hydrogens is 318 g/mol. The van der Waals surface area contributed by atoms with Crippen LogP contribution in [0.2, 0.25) is 0 Å². The van der Waals surface area contributed by atoms with Gasteiger partial charge in [0.1, 0.15) is 11.8 Å². The maximum atomic E-state index is 12.9. The third kappa shape index (κ3) is 2.69. The summed E-state index contributed by atoms with van der Waals surface area (Å²) in [4.78, 5) is 14.3. The van der Waals surface area contributed by atoms with Crippen molar-refractivity contribution >= 4 is 11.6 Å². The fraction of sp³-hybridized carbons (Fsp3) is 0.312. The first-order chi connectivity index (χ1) is 11.5. The van der Waals surface area contributed by atoms with Gasteiger partial charge in [0, 0.05) is 13.6 Å². The van der Waals surface area contributed by atoms with Crippen molar-refractivity contribution < 1.29 is 18.3 Å². The van der Waals surface area contributed by atoms with Gasteiger partial charge in [-0.25, -0.2) is 0 Å². The van der Waals surface area contributed by atoms with E-state index in [1.165, 1.54) is 21.8 Å². The number of rotatable bonds is 3. The van der Waals surface area contributed by atoms with Gasteiger partial charge in [-0.2, -0.15) is 19.1 Å². The number of ether oxygens (including phenoxy) is 1. The van der Waals surface area contributed by atoms with Crippen LogP contribution in [-0.2, 0) is 13.5 Å². The molecule has 1 aromatic heterocycles. The van der Waals surface area contributed by atoms with Gasteiger partial charge < -0.3 is 9.64 Å². The first-order valence-corrected chi connectivity index (χ1v) is 7.33. The highest BCUT2D eigenvalue weighted by Gasteiger charge is 2.30. The summed E-state index contributed by atoms with van der Waals surface area (Å²) < 4.78 is 31.2. The average molecular weight is 332 g/mol. The third-order valence-corrected chi connectivity index (χ3v) is 3.92. The van der Waals surface area contributed by atoms with Gasteiger partial charge in [0.05, 0.1) is 17.4 Å². The Morgan fingerprint density at radius 2 is 2.25 bits per heavy atom. The van der Waals surface area contributed by atoms with Gasteiger partial charge in [-0.15, -0.1) is 0 Å². The summed E-state index contributed by atoms with van der Waals surface area (Å²) in [5.74, 6) is -0.496. The molecule has 3 rings (SSSR count). The van der Waals surface area contributed by atoms with Crippen LogP contribution in [0.25, 0.3) is 0 Å². The molecule has 0 fully saturated rings. The minimum absolute atomic E-state index is 0.0436. The van der Waals surface area contributed by atoms with Crippen LogP contribution in [0.5, 0.6) is 5.75 Å². The van der Waals surface area contributed by atoms with E-state index < -0.39 is 12.5 Å². The zero-order chi connectivity index (χ0) is 17.3. The second kappa shape index (κ2) is 6.28. The molecule has 0 N–H and O–H groups in total. The first-order valence-electron chi connectivity index (χ1n) is 7.33. The van der Waals surface area contributed by atoms with Crippen molar-refractivity contribution in [2.24, 2.45) is 7.05 Å². The van der Waals surface area contributed by atoms with Crippen molar-refractivity contribution in [3.05, 3.63) is 41.2 Å². The quantitative estimate of drug-likeness (QED) is 0.866. The largest absolute Gasteiger partial charge is 0.433 e. The number of carbonyl (C=O) groups is 1. The molecule has 2 heterocycles. The van der Waals surface area contributed by atoms with E-state index in [1.54, 1.807) is 19.2 Å². The number of hydrogen-bond acceptors (Lipinski definition) is 4. The fourth-order valence-corrected chi connectivity index (χ4v) is 2.88. The second-order valence-electron chi connectivity index (χ2n) is 5.34. The monoisotopic (exact) mass is 332 g/mol. The van der Waals surface area contributed by atoms with Gasteiger partial charge in [-0.3, -0.25) is 9.48 Å². The Morgan fingerprint density at radius 1 is 1.46 bits per heavy atom. The highest BCUT2D eigenvalue weighted by atomic mass is 19.3. The van der Waals surface area contributed by atoms with Crippen molar-refractivity contribution in [3.63, 3.8) is 0 Å². The molecule has 0 atom stereocenters. The van der Waals surface area contributed by atoms with Crippen LogP contribution in [0.3, 0.4) is 0 Å². The van der Waals surface area contributed by atoms with E-state index in [1.807, 2.05) is 6.07 Å². The number of para-hydroxylation sites is 1. The van der Waals surface area contributed by atoms with Gasteiger partial charge in [-0.05, 0) is 24.5 Å². The zero-order valence-corrected chi connectivity index (χ0v) is 12.9. The highest BCUT2D eigenvalue weighted by Crippen LogP contribution is 2.38. The molecule has 24 heavy (non-hydrogen) atoms. The van der Waals surface area contributed by atoms with E-state index in [4.69, 9.17) is 0 Å². The molecule has 0 saturated carbocycles. The summed E-state index contributed by atoms with van der Waals surface area (Å²) in [6.07, 6.45) is 2.67. The standard InChI is InChI=1S/C16H14F2N4O2/c1-21-12(8-19)11(9-20-21)15(23)22-7-3-5-10-4-2-6-13(14(10)22)24-16(17)18/h2,4,6,9,16H,3,5,7H2,1H3. The van der Waals surface area contributed by atoms with Crippen LogP contribution in [-0.4, -0.2) is 28.8 Å². The number of carbonyl (C=O) groups excluding carboxylic acids is 1. The Balaban J connectivity index is 2.06. The summed E-state index contributed by atoms with van der Waals surface area (Å²) in [5, 5.41) is 13.1. The smallest absolute Gasteiger partial charge is 0.387 e. The number of amides is 1. The highest BCUT2D eigenvalue weighted by molar-refractivity contribution is 6.08. The number of hydrogen-bond donors (Lipinski definition) is 0. The van der Waals surface area contributed by atoms with Gasteiger partial charge in [-0.1, -0.05) is 12.1 Å². The molecule has 1 amide bonds. The molecule has 1 aromatic carbocycles. The Morgan fingerprint density at radius 3 is 2.96 bits per heavy atom. The minimum Gasteiger partial charge on any atom is -0.433 e. The molecule has 0 aliphatic carbocycles. The lowest BCUT2D eigenvalue weighted by Gasteiger charge is -2.31. The maximum Gasteiger partial charge on any atom is 0.387 e. The predicted octanol–water partition coefficient (Wildman–Crippen LogP) is 2.49. The molecule has 6 nitrogen and oxygen atoms in total. The lowest BCUT2D eigenvalue weighted by molar-refractivity contribution is -0.0495. The number of aryl methyl sites for hydroxylation is 2. The van der Waals surface area contributed by atoms with Crippen molar-refractivity contribution in [2.45, 2.75) is 19.5 Å². The number of nitriles is 1. The Kier molecular flexibility index (Phi) is 4.16. The van der Waals surface area contributed by atoms with Crippen LogP contribution < -0.4 is 9.64 Å². The van der Waals surface area contributed by atoms with Crippen LogP contribution in [0, 0.1) is 11.3 Å². The number of halogens is 2. The van der Waals surface area contributed by atoms with E-state index in [-0.39, 0.29) is 17.0 Å². The lowest BCUT2D eigenvalue weighted by Crippen LogP contribution is -2.36. The van der Waals surface area contributed by atoms with Gasteiger partial charge in [0.15, 0.2) is 5.69 Å².